The van der Waals surface area contributed by atoms with Crippen LogP contribution in [0.4, 0.5) is 0 Å². The molecule has 0 radical (unpaired) electrons. The first-order valence-corrected chi connectivity index (χ1v) is 5.40. The minimum absolute atomic E-state index is 0.146. The molecule has 0 aliphatic rings. The molecule has 2 aromatic rings. The summed E-state index contributed by atoms with van der Waals surface area (Å²) in [7, 11) is 0. The van der Waals surface area contributed by atoms with Crippen LogP contribution in [0.5, 0.6) is 0 Å². The minimum atomic E-state index is -0.146. The Bertz CT molecular complexity index is 475. The number of hydrogen-bond acceptors (Lipinski definition) is 3. The molecule has 4 heteroatoms. The normalized spacial score (nSPS) is 12.7. The highest BCUT2D eigenvalue weighted by Crippen LogP contribution is 2.18. The Balaban J connectivity index is 2.27. The van der Waals surface area contributed by atoms with Gasteiger partial charge in [-0.25, -0.2) is 0 Å². The molecule has 0 aliphatic heterocycles. The molecule has 0 saturated carbocycles. The molecule has 2 N–H and O–H groups in total. The summed E-state index contributed by atoms with van der Waals surface area (Å²) in [6, 6.07) is 1.91. The van der Waals surface area contributed by atoms with Crippen LogP contribution in [0.3, 0.4) is 0 Å². The van der Waals surface area contributed by atoms with Crippen molar-refractivity contribution in [3.63, 3.8) is 0 Å². The maximum absolute atomic E-state index is 6.16. The molecule has 2 heterocycles. The van der Waals surface area contributed by atoms with E-state index in [1.54, 1.807) is 6.20 Å². The van der Waals surface area contributed by atoms with Crippen molar-refractivity contribution in [2.24, 2.45) is 5.73 Å². The van der Waals surface area contributed by atoms with Crippen LogP contribution in [-0.2, 0) is 6.54 Å². The molecule has 1 unspecified atom stereocenters. The van der Waals surface area contributed by atoms with Gasteiger partial charge in [0.15, 0.2) is 0 Å². The van der Waals surface area contributed by atoms with E-state index in [0.29, 0.717) is 0 Å². The maximum atomic E-state index is 6.16. The van der Waals surface area contributed by atoms with Crippen molar-refractivity contribution in [1.29, 1.82) is 0 Å². The highest BCUT2D eigenvalue weighted by molar-refractivity contribution is 5.28. The monoisotopic (exact) mass is 216 g/mol. The Hall–Kier alpha value is -1.68. The second-order valence-electron chi connectivity index (χ2n) is 3.90. The Morgan fingerprint density at radius 1 is 1.31 bits per heavy atom. The third kappa shape index (κ3) is 2.12. The average Bonchev–Trinajstić information content (AvgIpc) is 2.76. The second-order valence-corrected chi connectivity index (χ2v) is 3.90. The molecule has 4 nitrogen and oxygen atoms in total. The maximum Gasteiger partial charge on any atom is 0.0598 e. The van der Waals surface area contributed by atoms with Gasteiger partial charge >= 0.3 is 0 Å². The van der Waals surface area contributed by atoms with Gasteiger partial charge < -0.3 is 5.73 Å². The van der Waals surface area contributed by atoms with E-state index in [4.69, 9.17) is 5.73 Å². The Labute approximate surface area is 95.1 Å². The fourth-order valence-electron chi connectivity index (χ4n) is 1.65. The molecule has 0 bridgehead atoms. The molecule has 2 rings (SSSR count). The first kappa shape index (κ1) is 10.8. The van der Waals surface area contributed by atoms with E-state index in [1.807, 2.05) is 30.2 Å². The minimum Gasteiger partial charge on any atom is -0.320 e. The van der Waals surface area contributed by atoms with Crippen molar-refractivity contribution >= 4 is 0 Å². The summed E-state index contributed by atoms with van der Waals surface area (Å²) in [6.07, 6.45) is 7.43. The number of nitrogens with two attached hydrogens (primary N) is 1. The summed E-state index contributed by atoms with van der Waals surface area (Å²) >= 11 is 0. The number of nitrogens with zero attached hydrogens (tertiary/aromatic N) is 3. The molecule has 0 spiro atoms. The van der Waals surface area contributed by atoms with Gasteiger partial charge in [0, 0.05) is 30.7 Å². The first-order valence-electron chi connectivity index (χ1n) is 5.40. The third-order valence-electron chi connectivity index (χ3n) is 2.59. The summed E-state index contributed by atoms with van der Waals surface area (Å²) in [5, 5.41) is 4.22. The zero-order valence-electron chi connectivity index (χ0n) is 9.59. The van der Waals surface area contributed by atoms with Crippen molar-refractivity contribution < 1.29 is 0 Å². The van der Waals surface area contributed by atoms with Crippen LogP contribution in [0.1, 0.15) is 29.7 Å². The summed E-state index contributed by atoms with van der Waals surface area (Å²) in [5.41, 5.74) is 9.33. The van der Waals surface area contributed by atoms with Crippen LogP contribution in [0, 0.1) is 6.92 Å². The predicted molar refractivity (Wildman–Crippen MR) is 62.9 cm³/mol. The quantitative estimate of drug-likeness (QED) is 0.848. The fourth-order valence-corrected chi connectivity index (χ4v) is 1.65. The molecular weight excluding hydrogens is 200 g/mol. The predicted octanol–water partition coefficient (Wildman–Crippen LogP) is 1.65. The van der Waals surface area contributed by atoms with Crippen LogP contribution in [0.25, 0.3) is 0 Å². The van der Waals surface area contributed by atoms with Crippen LogP contribution in [-0.4, -0.2) is 14.8 Å². The average molecular weight is 216 g/mol. The lowest BCUT2D eigenvalue weighted by Gasteiger charge is -2.09. The molecule has 0 amide bonds. The van der Waals surface area contributed by atoms with Crippen molar-refractivity contribution in [3.8, 4) is 0 Å². The fraction of sp³-hybridized carbons (Fsp3) is 0.333. The highest BCUT2D eigenvalue weighted by Gasteiger charge is 2.11. The molecule has 84 valence electrons. The molecule has 2 aromatic heterocycles. The lowest BCUT2D eigenvalue weighted by Crippen LogP contribution is -2.11. The van der Waals surface area contributed by atoms with Gasteiger partial charge in [0.2, 0.25) is 0 Å². The molecule has 0 aromatic carbocycles. The van der Waals surface area contributed by atoms with Gasteiger partial charge in [-0.1, -0.05) is 6.07 Å². The third-order valence-corrected chi connectivity index (χ3v) is 2.59. The standard InChI is InChI=1S/C12H16N4/c1-3-16-8-11(7-15-16)12(13)10-4-9(2)5-14-6-10/h4-8,12H,3,13H2,1-2H3. The Morgan fingerprint density at radius 2 is 2.12 bits per heavy atom. The number of aromatic nitrogens is 3. The molecule has 16 heavy (non-hydrogen) atoms. The summed E-state index contributed by atoms with van der Waals surface area (Å²) in [4.78, 5) is 4.15. The van der Waals surface area contributed by atoms with Crippen molar-refractivity contribution in [1.82, 2.24) is 14.8 Å². The van der Waals surface area contributed by atoms with E-state index in [0.717, 1.165) is 23.2 Å². The van der Waals surface area contributed by atoms with Gasteiger partial charge in [-0.05, 0) is 25.0 Å². The number of aryl methyl sites for hydroxylation is 2. The van der Waals surface area contributed by atoms with E-state index in [-0.39, 0.29) is 6.04 Å². The molecule has 0 saturated heterocycles. The molecule has 1 atom stereocenters. The van der Waals surface area contributed by atoms with Gasteiger partial charge in [-0.3, -0.25) is 9.67 Å². The van der Waals surface area contributed by atoms with Crippen LogP contribution < -0.4 is 5.73 Å². The number of rotatable bonds is 3. The smallest absolute Gasteiger partial charge is 0.0598 e. The molecular formula is C12H16N4. The van der Waals surface area contributed by atoms with E-state index >= 15 is 0 Å². The van der Waals surface area contributed by atoms with E-state index < -0.39 is 0 Å². The first-order chi connectivity index (χ1) is 7.70. The summed E-state index contributed by atoms with van der Waals surface area (Å²) in [5.74, 6) is 0. The lowest BCUT2D eigenvalue weighted by atomic mass is 10.0. The van der Waals surface area contributed by atoms with Crippen molar-refractivity contribution in [2.45, 2.75) is 26.4 Å². The van der Waals surface area contributed by atoms with Gasteiger partial charge in [0.05, 0.1) is 12.2 Å². The van der Waals surface area contributed by atoms with Crippen molar-refractivity contribution in [2.75, 3.05) is 0 Å². The largest absolute Gasteiger partial charge is 0.320 e. The lowest BCUT2D eigenvalue weighted by molar-refractivity contribution is 0.658. The van der Waals surface area contributed by atoms with Gasteiger partial charge in [-0.2, -0.15) is 5.10 Å². The van der Waals surface area contributed by atoms with E-state index in [2.05, 4.69) is 23.1 Å². The second kappa shape index (κ2) is 4.45. The number of pyridine rings is 1. The Kier molecular flexibility index (Phi) is 3.01. The van der Waals surface area contributed by atoms with Gasteiger partial charge in [0.1, 0.15) is 0 Å². The van der Waals surface area contributed by atoms with E-state index in [1.165, 1.54) is 0 Å². The molecule has 0 aliphatic carbocycles. The van der Waals surface area contributed by atoms with Gasteiger partial charge in [0.25, 0.3) is 0 Å². The summed E-state index contributed by atoms with van der Waals surface area (Å²) < 4.78 is 1.87. The SMILES string of the molecule is CCn1cc(C(N)c2cncc(C)c2)cn1. The topological polar surface area (TPSA) is 56.7 Å². The number of hydrogen-bond donors (Lipinski definition) is 1. The van der Waals surface area contributed by atoms with Crippen LogP contribution in [0.2, 0.25) is 0 Å². The summed E-state index contributed by atoms with van der Waals surface area (Å²) in [6.45, 7) is 4.92. The van der Waals surface area contributed by atoms with E-state index in [9.17, 15) is 0 Å². The zero-order chi connectivity index (χ0) is 11.5. The highest BCUT2D eigenvalue weighted by atomic mass is 15.3. The van der Waals surface area contributed by atoms with Crippen LogP contribution >= 0.6 is 0 Å². The van der Waals surface area contributed by atoms with Crippen LogP contribution in [0.15, 0.2) is 30.9 Å². The van der Waals surface area contributed by atoms with Crippen molar-refractivity contribution in [3.05, 3.63) is 47.5 Å². The molecule has 0 fully saturated rings. The Morgan fingerprint density at radius 3 is 2.75 bits per heavy atom. The van der Waals surface area contributed by atoms with Gasteiger partial charge in [-0.15, -0.1) is 0 Å². The zero-order valence-corrected chi connectivity index (χ0v) is 9.59.